The molecule has 0 unspecified atom stereocenters. The van der Waals surface area contributed by atoms with Crippen molar-refractivity contribution in [1.82, 2.24) is 14.5 Å². The fourth-order valence-electron chi connectivity index (χ4n) is 2.82. The molecule has 0 radical (unpaired) electrons. The van der Waals surface area contributed by atoms with Gasteiger partial charge in [-0.15, -0.1) is 0 Å². The standard InChI is InChI=1S/C22H21FN4O/c1-5-18(23)11-16-6-9-20(25-15(16)3)17-7-8-19(14(2)10-17)26-22(28)21-12-24-13-27(21)4/h5-13H,1H2,2-4H3,(H,26,28)/b18-11+. The summed E-state index contributed by atoms with van der Waals surface area (Å²) in [4.78, 5) is 20.9. The molecule has 1 amide bonds. The van der Waals surface area contributed by atoms with Crippen molar-refractivity contribution in [2.24, 2.45) is 7.05 Å². The summed E-state index contributed by atoms with van der Waals surface area (Å²) in [5, 5.41) is 2.90. The van der Waals surface area contributed by atoms with Crippen LogP contribution in [0.3, 0.4) is 0 Å². The zero-order chi connectivity index (χ0) is 20.3. The third-order valence-corrected chi connectivity index (χ3v) is 4.43. The molecule has 0 aliphatic carbocycles. The first-order valence-electron chi connectivity index (χ1n) is 8.75. The third-order valence-electron chi connectivity index (χ3n) is 4.43. The summed E-state index contributed by atoms with van der Waals surface area (Å²) in [6.07, 6.45) is 5.67. The molecule has 1 N–H and O–H groups in total. The lowest BCUT2D eigenvalue weighted by Gasteiger charge is -2.11. The van der Waals surface area contributed by atoms with Crippen LogP contribution in [-0.2, 0) is 7.05 Å². The van der Waals surface area contributed by atoms with Crippen molar-refractivity contribution in [3.8, 4) is 11.3 Å². The Morgan fingerprint density at radius 2 is 2.04 bits per heavy atom. The molecule has 0 aliphatic heterocycles. The molecule has 5 nitrogen and oxygen atoms in total. The number of imidazole rings is 1. The third kappa shape index (κ3) is 4.06. The number of nitrogens with zero attached hydrogens (tertiary/aromatic N) is 3. The molecular formula is C22H21FN4O. The number of aryl methyl sites for hydroxylation is 3. The van der Waals surface area contributed by atoms with Gasteiger partial charge in [-0.3, -0.25) is 9.78 Å². The van der Waals surface area contributed by atoms with Crippen molar-refractivity contribution in [3.05, 3.63) is 83.9 Å². The van der Waals surface area contributed by atoms with E-state index < -0.39 is 5.83 Å². The number of amides is 1. The highest BCUT2D eigenvalue weighted by Crippen LogP contribution is 2.25. The molecule has 0 bridgehead atoms. The van der Waals surface area contributed by atoms with Crippen LogP contribution < -0.4 is 5.32 Å². The van der Waals surface area contributed by atoms with Gasteiger partial charge in [-0.1, -0.05) is 18.7 Å². The van der Waals surface area contributed by atoms with Crippen LogP contribution in [0.2, 0.25) is 0 Å². The molecule has 0 spiro atoms. The van der Waals surface area contributed by atoms with E-state index >= 15 is 0 Å². The van der Waals surface area contributed by atoms with Gasteiger partial charge >= 0.3 is 0 Å². The Hall–Kier alpha value is -3.54. The predicted octanol–water partition coefficient (Wildman–Crippen LogP) is 4.85. The highest BCUT2D eigenvalue weighted by atomic mass is 19.1. The molecule has 0 atom stereocenters. The first-order valence-corrected chi connectivity index (χ1v) is 8.75. The van der Waals surface area contributed by atoms with E-state index in [0.717, 1.165) is 34.3 Å². The maximum absolute atomic E-state index is 13.4. The molecule has 2 aromatic heterocycles. The normalized spacial score (nSPS) is 11.4. The van der Waals surface area contributed by atoms with Gasteiger partial charge in [0.2, 0.25) is 0 Å². The highest BCUT2D eigenvalue weighted by Gasteiger charge is 2.12. The van der Waals surface area contributed by atoms with E-state index in [4.69, 9.17) is 0 Å². The Morgan fingerprint density at radius 3 is 2.64 bits per heavy atom. The van der Waals surface area contributed by atoms with Crippen LogP contribution in [0.5, 0.6) is 0 Å². The topological polar surface area (TPSA) is 59.8 Å². The zero-order valence-electron chi connectivity index (χ0n) is 16.0. The van der Waals surface area contributed by atoms with Crippen LogP contribution in [0.1, 0.15) is 27.3 Å². The van der Waals surface area contributed by atoms with Crippen LogP contribution in [0.4, 0.5) is 10.1 Å². The van der Waals surface area contributed by atoms with Crippen LogP contribution >= 0.6 is 0 Å². The molecule has 0 aliphatic rings. The van der Waals surface area contributed by atoms with E-state index in [-0.39, 0.29) is 5.91 Å². The Labute approximate surface area is 163 Å². The first kappa shape index (κ1) is 19.2. The van der Waals surface area contributed by atoms with Gasteiger partial charge in [0.15, 0.2) is 0 Å². The Kier molecular flexibility index (Phi) is 5.49. The summed E-state index contributed by atoms with van der Waals surface area (Å²) in [5.74, 6) is -0.618. The number of hydrogen-bond donors (Lipinski definition) is 1. The largest absolute Gasteiger partial charge is 0.330 e. The van der Waals surface area contributed by atoms with Crippen molar-refractivity contribution in [1.29, 1.82) is 0 Å². The molecule has 0 fully saturated rings. The summed E-state index contributed by atoms with van der Waals surface area (Å²) in [5.41, 5.74) is 5.24. The number of benzene rings is 1. The van der Waals surface area contributed by atoms with Crippen LogP contribution in [0.15, 0.2) is 61.3 Å². The van der Waals surface area contributed by atoms with Crippen molar-refractivity contribution in [2.75, 3.05) is 5.32 Å². The molecule has 3 rings (SSSR count). The minimum absolute atomic E-state index is 0.217. The second-order valence-corrected chi connectivity index (χ2v) is 6.48. The van der Waals surface area contributed by atoms with Gasteiger partial charge in [0.25, 0.3) is 5.91 Å². The number of aromatic nitrogens is 3. The van der Waals surface area contributed by atoms with Crippen LogP contribution in [0.25, 0.3) is 17.3 Å². The fraction of sp³-hybridized carbons (Fsp3) is 0.136. The molecule has 2 heterocycles. The van der Waals surface area contributed by atoms with Gasteiger partial charge in [0.05, 0.1) is 18.2 Å². The number of rotatable bonds is 5. The maximum atomic E-state index is 13.4. The molecule has 3 aromatic rings. The van der Waals surface area contributed by atoms with E-state index in [2.05, 4.69) is 21.9 Å². The number of anilines is 1. The number of hydrogen-bond acceptors (Lipinski definition) is 3. The lowest BCUT2D eigenvalue weighted by Crippen LogP contribution is -2.16. The van der Waals surface area contributed by atoms with E-state index in [1.807, 2.05) is 44.2 Å². The molecular weight excluding hydrogens is 355 g/mol. The minimum atomic E-state index is -0.401. The second kappa shape index (κ2) is 8.00. The number of carbonyl (C=O) groups is 1. The molecule has 0 saturated heterocycles. The van der Waals surface area contributed by atoms with E-state index in [0.29, 0.717) is 11.3 Å². The molecule has 28 heavy (non-hydrogen) atoms. The van der Waals surface area contributed by atoms with Crippen LogP contribution in [0, 0.1) is 13.8 Å². The van der Waals surface area contributed by atoms with Crippen molar-refractivity contribution in [3.63, 3.8) is 0 Å². The van der Waals surface area contributed by atoms with Crippen LogP contribution in [-0.4, -0.2) is 20.4 Å². The van der Waals surface area contributed by atoms with E-state index in [9.17, 15) is 9.18 Å². The fourth-order valence-corrected chi connectivity index (χ4v) is 2.82. The Bertz CT molecular complexity index is 1080. The van der Waals surface area contributed by atoms with Crippen molar-refractivity contribution >= 4 is 17.7 Å². The summed E-state index contributed by atoms with van der Waals surface area (Å²) < 4.78 is 15.1. The zero-order valence-corrected chi connectivity index (χ0v) is 16.0. The van der Waals surface area contributed by atoms with Crippen molar-refractivity contribution < 1.29 is 9.18 Å². The number of allylic oxidation sites excluding steroid dienone is 2. The number of nitrogens with one attached hydrogen (secondary N) is 1. The highest BCUT2D eigenvalue weighted by molar-refractivity contribution is 6.03. The summed E-state index contributed by atoms with van der Waals surface area (Å²) >= 11 is 0. The van der Waals surface area contributed by atoms with Crippen molar-refractivity contribution in [2.45, 2.75) is 13.8 Å². The smallest absolute Gasteiger partial charge is 0.273 e. The summed E-state index contributed by atoms with van der Waals surface area (Å²) in [7, 11) is 1.77. The molecule has 1 aromatic carbocycles. The monoisotopic (exact) mass is 376 g/mol. The average molecular weight is 376 g/mol. The van der Waals surface area contributed by atoms with Gasteiger partial charge in [-0.05, 0) is 55.3 Å². The summed E-state index contributed by atoms with van der Waals surface area (Å²) in [6, 6.07) is 9.38. The SMILES string of the molecule is C=C/C(F)=C\c1ccc(-c2ccc(NC(=O)c3cncn3C)c(C)c2)nc1C. The number of pyridine rings is 1. The van der Waals surface area contributed by atoms with E-state index in [1.54, 1.807) is 17.9 Å². The summed E-state index contributed by atoms with van der Waals surface area (Å²) in [6.45, 7) is 7.17. The average Bonchev–Trinajstić information content (AvgIpc) is 3.11. The number of carbonyl (C=O) groups excluding carboxylic acids is 1. The van der Waals surface area contributed by atoms with Gasteiger partial charge in [0.1, 0.15) is 11.5 Å². The minimum Gasteiger partial charge on any atom is -0.330 e. The first-order chi connectivity index (χ1) is 13.4. The Morgan fingerprint density at radius 1 is 1.25 bits per heavy atom. The Balaban J connectivity index is 1.84. The van der Waals surface area contributed by atoms with Gasteiger partial charge < -0.3 is 9.88 Å². The maximum Gasteiger partial charge on any atom is 0.273 e. The molecule has 0 saturated carbocycles. The van der Waals surface area contributed by atoms with Gasteiger partial charge in [-0.2, -0.15) is 0 Å². The lowest BCUT2D eigenvalue weighted by atomic mass is 10.0. The quantitative estimate of drug-likeness (QED) is 0.648. The second-order valence-electron chi connectivity index (χ2n) is 6.48. The number of halogens is 1. The predicted molar refractivity (Wildman–Crippen MR) is 110 cm³/mol. The molecule has 6 heteroatoms. The molecule has 142 valence electrons. The van der Waals surface area contributed by atoms with E-state index in [1.165, 1.54) is 12.3 Å². The van der Waals surface area contributed by atoms with Gasteiger partial charge in [0, 0.05) is 24.0 Å². The lowest BCUT2D eigenvalue weighted by molar-refractivity contribution is 0.101. The van der Waals surface area contributed by atoms with Gasteiger partial charge in [-0.25, -0.2) is 9.37 Å².